The number of aryl methyl sites for hydroxylation is 1. The van der Waals surface area contributed by atoms with E-state index in [1.54, 1.807) is 17.1 Å². The molecule has 0 saturated heterocycles. The monoisotopic (exact) mass is 300 g/mol. The molecule has 0 amide bonds. The van der Waals surface area contributed by atoms with Crippen LogP contribution in [-0.2, 0) is 6.54 Å². The van der Waals surface area contributed by atoms with E-state index in [0.29, 0.717) is 0 Å². The van der Waals surface area contributed by atoms with Crippen molar-refractivity contribution in [3.8, 4) is 0 Å². The van der Waals surface area contributed by atoms with Crippen LogP contribution in [0.2, 0.25) is 0 Å². The molecular weight excluding hydrogens is 280 g/mol. The maximum Gasteiger partial charge on any atom is 0.253 e. The highest BCUT2D eigenvalue weighted by Gasteiger charge is 1.95. The van der Waals surface area contributed by atoms with Crippen molar-refractivity contribution in [2.45, 2.75) is 51.5 Å². The summed E-state index contributed by atoms with van der Waals surface area (Å²) in [5.74, 6) is 0. The number of halogens is 1. The second-order valence-electron chi connectivity index (χ2n) is 4.28. The number of rotatable bonds is 9. The predicted octanol–water partition coefficient (Wildman–Crippen LogP) is 3.37. The molecule has 0 N–H and O–H groups in total. The molecule has 1 aromatic heterocycles. The van der Waals surface area contributed by atoms with Crippen molar-refractivity contribution in [3.05, 3.63) is 28.9 Å². The van der Waals surface area contributed by atoms with E-state index < -0.39 is 0 Å². The maximum absolute atomic E-state index is 11.4. The van der Waals surface area contributed by atoms with E-state index in [9.17, 15) is 4.79 Å². The molecule has 0 bridgehead atoms. The van der Waals surface area contributed by atoms with Crippen LogP contribution in [0.4, 0.5) is 0 Å². The van der Waals surface area contributed by atoms with Gasteiger partial charge in [-0.2, -0.15) is 0 Å². The molecule has 0 aromatic carbocycles. The normalized spacial score (nSPS) is 10.6. The molecule has 0 fully saturated rings. The van der Waals surface area contributed by atoms with E-state index in [4.69, 9.17) is 0 Å². The summed E-state index contributed by atoms with van der Waals surface area (Å²) < 4.78 is 1.69. The minimum atomic E-state index is 0.0531. The van der Waals surface area contributed by atoms with Crippen molar-refractivity contribution in [1.82, 2.24) is 9.55 Å². The first kappa shape index (κ1) is 14.4. The van der Waals surface area contributed by atoms with Gasteiger partial charge in [0, 0.05) is 24.1 Å². The number of nitrogens with zero attached hydrogens (tertiary/aromatic N) is 2. The van der Waals surface area contributed by atoms with Crippen molar-refractivity contribution in [3.63, 3.8) is 0 Å². The van der Waals surface area contributed by atoms with Crippen LogP contribution in [0.25, 0.3) is 0 Å². The van der Waals surface area contributed by atoms with Crippen LogP contribution in [0.3, 0.4) is 0 Å². The topological polar surface area (TPSA) is 34.9 Å². The van der Waals surface area contributed by atoms with Crippen molar-refractivity contribution in [2.75, 3.05) is 5.33 Å². The van der Waals surface area contributed by atoms with Gasteiger partial charge in [-0.15, -0.1) is 0 Å². The van der Waals surface area contributed by atoms with Crippen molar-refractivity contribution < 1.29 is 0 Å². The van der Waals surface area contributed by atoms with Gasteiger partial charge >= 0.3 is 0 Å². The molecule has 4 heteroatoms. The van der Waals surface area contributed by atoms with Gasteiger partial charge in [-0.3, -0.25) is 9.36 Å². The van der Waals surface area contributed by atoms with Crippen LogP contribution in [0.5, 0.6) is 0 Å². The van der Waals surface area contributed by atoms with E-state index in [-0.39, 0.29) is 5.56 Å². The van der Waals surface area contributed by atoms with Gasteiger partial charge in [-0.25, -0.2) is 4.98 Å². The largest absolute Gasteiger partial charge is 0.299 e. The lowest BCUT2D eigenvalue weighted by Crippen LogP contribution is -2.18. The summed E-state index contributed by atoms with van der Waals surface area (Å²) in [6, 6.07) is 1.51. The molecule has 0 saturated carbocycles. The van der Waals surface area contributed by atoms with Crippen LogP contribution >= 0.6 is 15.9 Å². The standard InChI is InChI=1S/C13H21BrN2O/c14-9-6-4-2-1-3-5-7-11-16-12-15-10-8-13(16)17/h8,10,12H,1-7,9,11H2. The van der Waals surface area contributed by atoms with Gasteiger partial charge in [0.15, 0.2) is 0 Å². The lowest BCUT2D eigenvalue weighted by atomic mass is 10.1. The zero-order valence-electron chi connectivity index (χ0n) is 10.3. The van der Waals surface area contributed by atoms with Crippen LogP contribution in [0.1, 0.15) is 44.9 Å². The summed E-state index contributed by atoms with van der Waals surface area (Å²) in [4.78, 5) is 15.3. The van der Waals surface area contributed by atoms with Gasteiger partial charge in [-0.1, -0.05) is 48.0 Å². The maximum atomic E-state index is 11.4. The Bertz CT molecular complexity index is 351. The molecule has 17 heavy (non-hydrogen) atoms. The van der Waals surface area contributed by atoms with Gasteiger partial charge in [-0.05, 0) is 12.8 Å². The molecule has 0 radical (unpaired) electrons. The average Bonchev–Trinajstić information content (AvgIpc) is 2.35. The molecular formula is C13H21BrN2O. The molecule has 0 spiro atoms. The third-order valence-electron chi connectivity index (χ3n) is 2.82. The van der Waals surface area contributed by atoms with Crippen molar-refractivity contribution >= 4 is 15.9 Å². The fourth-order valence-electron chi connectivity index (χ4n) is 1.81. The Labute approximate surface area is 111 Å². The minimum absolute atomic E-state index is 0.0531. The Morgan fingerprint density at radius 3 is 2.35 bits per heavy atom. The first-order chi connectivity index (χ1) is 8.34. The summed E-state index contributed by atoms with van der Waals surface area (Å²) in [6.45, 7) is 0.800. The zero-order chi connectivity index (χ0) is 12.3. The van der Waals surface area contributed by atoms with Crippen LogP contribution < -0.4 is 5.56 Å². The number of hydrogen-bond acceptors (Lipinski definition) is 2. The fraction of sp³-hybridized carbons (Fsp3) is 0.692. The van der Waals surface area contributed by atoms with Gasteiger partial charge in [0.1, 0.15) is 0 Å². The summed E-state index contributed by atoms with van der Waals surface area (Å²) in [5.41, 5.74) is 0.0531. The molecule has 1 heterocycles. The van der Waals surface area contributed by atoms with E-state index in [1.807, 2.05) is 0 Å². The third kappa shape index (κ3) is 6.61. The lowest BCUT2D eigenvalue weighted by Gasteiger charge is -2.04. The van der Waals surface area contributed by atoms with E-state index >= 15 is 0 Å². The molecule has 1 aromatic rings. The Hall–Kier alpha value is -0.640. The lowest BCUT2D eigenvalue weighted by molar-refractivity contribution is 0.539. The minimum Gasteiger partial charge on any atom is -0.299 e. The molecule has 96 valence electrons. The highest BCUT2D eigenvalue weighted by atomic mass is 79.9. The van der Waals surface area contributed by atoms with Gasteiger partial charge in [0.25, 0.3) is 5.56 Å². The number of unbranched alkanes of at least 4 members (excludes halogenated alkanes) is 6. The second-order valence-corrected chi connectivity index (χ2v) is 5.07. The Morgan fingerprint density at radius 2 is 1.71 bits per heavy atom. The zero-order valence-corrected chi connectivity index (χ0v) is 11.9. The summed E-state index contributed by atoms with van der Waals surface area (Å²) in [7, 11) is 0. The van der Waals surface area contributed by atoms with Gasteiger partial charge in [0.2, 0.25) is 0 Å². The van der Waals surface area contributed by atoms with E-state index in [1.165, 1.54) is 44.6 Å². The number of aromatic nitrogens is 2. The highest BCUT2D eigenvalue weighted by molar-refractivity contribution is 9.09. The Balaban J connectivity index is 2.01. The van der Waals surface area contributed by atoms with Gasteiger partial charge < -0.3 is 0 Å². The molecule has 3 nitrogen and oxygen atoms in total. The SMILES string of the molecule is O=c1ccncn1CCCCCCCCCBr. The van der Waals surface area contributed by atoms with Gasteiger partial charge in [0.05, 0.1) is 6.33 Å². The fourth-order valence-corrected chi connectivity index (χ4v) is 2.20. The second kappa shape index (κ2) is 9.40. The average molecular weight is 301 g/mol. The van der Waals surface area contributed by atoms with Crippen LogP contribution in [0, 0.1) is 0 Å². The number of alkyl halides is 1. The van der Waals surface area contributed by atoms with Crippen LogP contribution in [0.15, 0.2) is 23.4 Å². The summed E-state index contributed by atoms with van der Waals surface area (Å²) >= 11 is 3.44. The molecule has 1 rings (SSSR count). The first-order valence-electron chi connectivity index (χ1n) is 6.41. The summed E-state index contributed by atoms with van der Waals surface area (Å²) in [5, 5.41) is 1.12. The smallest absolute Gasteiger partial charge is 0.253 e. The molecule has 0 aliphatic carbocycles. The molecule has 0 aliphatic heterocycles. The predicted molar refractivity (Wildman–Crippen MR) is 74.6 cm³/mol. The third-order valence-corrected chi connectivity index (χ3v) is 3.39. The van der Waals surface area contributed by atoms with Crippen molar-refractivity contribution in [1.29, 1.82) is 0 Å². The van der Waals surface area contributed by atoms with Crippen molar-refractivity contribution in [2.24, 2.45) is 0 Å². The quantitative estimate of drug-likeness (QED) is 0.518. The molecule has 0 atom stereocenters. The Kier molecular flexibility index (Phi) is 7.97. The van der Waals surface area contributed by atoms with E-state index in [0.717, 1.165) is 18.3 Å². The van der Waals surface area contributed by atoms with E-state index in [2.05, 4.69) is 20.9 Å². The number of hydrogen-bond donors (Lipinski definition) is 0. The molecule has 0 aliphatic rings. The molecule has 0 unspecified atom stereocenters. The summed E-state index contributed by atoms with van der Waals surface area (Å²) in [6.07, 6.45) is 12.0. The van der Waals surface area contributed by atoms with Crippen LogP contribution in [-0.4, -0.2) is 14.9 Å². The highest BCUT2D eigenvalue weighted by Crippen LogP contribution is 2.08. The first-order valence-corrected chi connectivity index (χ1v) is 7.53. The Morgan fingerprint density at radius 1 is 1.06 bits per heavy atom.